The summed E-state index contributed by atoms with van der Waals surface area (Å²) in [6.45, 7) is 1.30. The number of carbonyl (C=O) groups excluding carboxylic acids is 2. The smallest absolute Gasteiger partial charge is 0.363 e. The van der Waals surface area contributed by atoms with E-state index in [0.29, 0.717) is 27.1 Å². The number of ether oxygens (including phenoxy) is 4. The van der Waals surface area contributed by atoms with Crippen molar-refractivity contribution in [1.82, 2.24) is 0 Å². The van der Waals surface area contributed by atoms with Crippen LogP contribution < -0.4 is 14.2 Å². The molecule has 2 aromatic rings. The Hall–Kier alpha value is -3.13. The second kappa shape index (κ2) is 8.26. The SMILES string of the molecule is COc1ccc(C2=N/C(=C/c3cc(Br)c(OC(C)=O)c(OC)c3)C(=O)O2)cc1. The van der Waals surface area contributed by atoms with Crippen molar-refractivity contribution in [2.75, 3.05) is 14.2 Å². The van der Waals surface area contributed by atoms with Crippen molar-refractivity contribution in [3.05, 3.63) is 57.7 Å². The molecular formula is C20H16BrNO6. The number of hydrogen-bond donors (Lipinski definition) is 0. The molecule has 0 N–H and O–H groups in total. The van der Waals surface area contributed by atoms with Gasteiger partial charge < -0.3 is 18.9 Å². The number of cyclic esters (lactones) is 1. The maximum atomic E-state index is 12.2. The molecule has 0 unspecified atom stereocenters. The molecule has 144 valence electrons. The zero-order chi connectivity index (χ0) is 20.3. The molecule has 0 aromatic heterocycles. The van der Waals surface area contributed by atoms with E-state index in [4.69, 9.17) is 18.9 Å². The van der Waals surface area contributed by atoms with Gasteiger partial charge in [0.2, 0.25) is 5.90 Å². The molecule has 0 aliphatic carbocycles. The lowest BCUT2D eigenvalue weighted by molar-refractivity contribution is -0.132. The number of methoxy groups -OCH3 is 2. The van der Waals surface area contributed by atoms with Gasteiger partial charge in [-0.25, -0.2) is 9.79 Å². The highest BCUT2D eigenvalue weighted by molar-refractivity contribution is 9.10. The molecule has 1 heterocycles. The van der Waals surface area contributed by atoms with Crippen LogP contribution in [-0.2, 0) is 14.3 Å². The summed E-state index contributed by atoms with van der Waals surface area (Å²) in [7, 11) is 3.03. The minimum atomic E-state index is -0.565. The third-order valence-electron chi connectivity index (χ3n) is 3.76. The van der Waals surface area contributed by atoms with Gasteiger partial charge in [-0.05, 0) is 64.0 Å². The average Bonchev–Trinajstić information content (AvgIpc) is 3.04. The van der Waals surface area contributed by atoms with Crippen LogP contribution in [0.25, 0.3) is 6.08 Å². The van der Waals surface area contributed by atoms with Gasteiger partial charge in [0.25, 0.3) is 0 Å². The van der Waals surface area contributed by atoms with Crippen LogP contribution in [0.2, 0.25) is 0 Å². The third kappa shape index (κ3) is 4.23. The fourth-order valence-electron chi connectivity index (χ4n) is 2.49. The van der Waals surface area contributed by atoms with Crippen LogP contribution in [-0.4, -0.2) is 32.1 Å². The highest BCUT2D eigenvalue weighted by atomic mass is 79.9. The molecule has 7 nitrogen and oxygen atoms in total. The molecule has 1 aliphatic rings. The molecule has 0 spiro atoms. The Morgan fingerprint density at radius 2 is 1.86 bits per heavy atom. The molecule has 0 amide bonds. The number of nitrogens with zero attached hydrogens (tertiary/aromatic N) is 1. The largest absolute Gasteiger partial charge is 0.497 e. The summed E-state index contributed by atoms with van der Waals surface area (Å²) in [5.74, 6) is 0.453. The van der Waals surface area contributed by atoms with E-state index >= 15 is 0 Å². The number of aliphatic imine (C=N–C) groups is 1. The summed E-state index contributed by atoms with van der Waals surface area (Å²) >= 11 is 3.34. The topological polar surface area (TPSA) is 83.4 Å². The lowest BCUT2D eigenvalue weighted by Crippen LogP contribution is -2.05. The minimum Gasteiger partial charge on any atom is -0.497 e. The molecule has 8 heteroatoms. The van der Waals surface area contributed by atoms with E-state index in [9.17, 15) is 9.59 Å². The average molecular weight is 446 g/mol. The van der Waals surface area contributed by atoms with Crippen LogP contribution in [0.4, 0.5) is 0 Å². The van der Waals surface area contributed by atoms with Crippen molar-refractivity contribution < 1.29 is 28.5 Å². The second-order valence-electron chi connectivity index (χ2n) is 5.69. The first-order valence-corrected chi connectivity index (χ1v) is 8.93. The first kappa shape index (κ1) is 19.6. The summed E-state index contributed by atoms with van der Waals surface area (Å²) in [4.78, 5) is 27.7. The molecule has 0 fully saturated rings. The Labute approximate surface area is 169 Å². The quantitative estimate of drug-likeness (QED) is 0.396. The van der Waals surface area contributed by atoms with Crippen LogP contribution in [0.3, 0.4) is 0 Å². The van der Waals surface area contributed by atoms with E-state index in [1.165, 1.54) is 14.0 Å². The third-order valence-corrected chi connectivity index (χ3v) is 4.35. The number of benzene rings is 2. The lowest BCUT2D eigenvalue weighted by atomic mass is 10.1. The zero-order valence-electron chi connectivity index (χ0n) is 15.3. The monoisotopic (exact) mass is 445 g/mol. The summed E-state index contributed by atoms with van der Waals surface area (Å²) in [5.41, 5.74) is 1.41. The molecule has 0 saturated heterocycles. The first-order chi connectivity index (χ1) is 13.4. The van der Waals surface area contributed by atoms with E-state index in [1.54, 1.807) is 49.6 Å². The maximum Gasteiger partial charge on any atom is 0.363 e. The molecule has 0 bridgehead atoms. The first-order valence-electron chi connectivity index (χ1n) is 8.14. The van der Waals surface area contributed by atoms with Crippen LogP contribution in [0.1, 0.15) is 18.1 Å². The summed E-state index contributed by atoms with van der Waals surface area (Å²) in [6.07, 6.45) is 1.56. The predicted octanol–water partition coefficient (Wildman–Crippen LogP) is 3.74. The second-order valence-corrected chi connectivity index (χ2v) is 6.55. The highest BCUT2D eigenvalue weighted by Crippen LogP contribution is 2.37. The van der Waals surface area contributed by atoms with Crippen molar-refractivity contribution in [1.29, 1.82) is 0 Å². The summed E-state index contributed by atoms with van der Waals surface area (Å²) in [6, 6.07) is 10.3. The van der Waals surface area contributed by atoms with Crippen molar-refractivity contribution in [3.8, 4) is 17.2 Å². The van der Waals surface area contributed by atoms with Gasteiger partial charge in [-0.15, -0.1) is 0 Å². The van der Waals surface area contributed by atoms with E-state index in [2.05, 4.69) is 20.9 Å². The lowest BCUT2D eigenvalue weighted by Gasteiger charge is -2.11. The van der Waals surface area contributed by atoms with Crippen molar-refractivity contribution in [3.63, 3.8) is 0 Å². The Balaban J connectivity index is 1.93. The number of carbonyl (C=O) groups is 2. The van der Waals surface area contributed by atoms with E-state index in [1.807, 2.05) is 0 Å². The molecular weight excluding hydrogens is 430 g/mol. The van der Waals surface area contributed by atoms with Crippen LogP contribution in [0, 0.1) is 0 Å². The molecule has 28 heavy (non-hydrogen) atoms. The van der Waals surface area contributed by atoms with Crippen molar-refractivity contribution in [2.24, 2.45) is 4.99 Å². The maximum absolute atomic E-state index is 12.2. The van der Waals surface area contributed by atoms with E-state index < -0.39 is 11.9 Å². The zero-order valence-corrected chi connectivity index (χ0v) is 16.9. The molecule has 2 aromatic carbocycles. The van der Waals surface area contributed by atoms with Gasteiger partial charge in [0.15, 0.2) is 17.2 Å². The van der Waals surface area contributed by atoms with E-state index in [0.717, 1.165) is 0 Å². The van der Waals surface area contributed by atoms with Crippen LogP contribution in [0.15, 0.2) is 51.6 Å². The normalized spacial score (nSPS) is 14.5. The predicted molar refractivity (Wildman–Crippen MR) is 106 cm³/mol. The van der Waals surface area contributed by atoms with Crippen molar-refractivity contribution >= 4 is 39.8 Å². The number of rotatable bonds is 5. The highest BCUT2D eigenvalue weighted by Gasteiger charge is 2.24. The Morgan fingerprint density at radius 3 is 2.46 bits per heavy atom. The van der Waals surface area contributed by atoms with Gasteiger partial charge >= 0.3 is 11.9 Å². The number of hydrogen-bond acceptors (Lipinski definition) is 7. The Kier molecular flexibility index (Phi) is 5.79. The van der Waals surface area contributed by atoms with Crippen LogP contribution >= 0.6 is 15.9 Å². The Bertz CT molecular complexity index is 995. The standard InChI is InChI=1S/C20H16BrNO6/c1-11(23)27-18-15(21)8-12(10-17(18)26-3)9-16-20(24)28-19(22-16)13-4-6-14(25-2)7-5-13/h4-10H,1-3H3/b16-9+. The number of esters is 2. The summed E-state index contributed by atoms with van der Waals surface area (Å²) < 4.78 is 21.3. The van der Waals surface area contributed by atoms with Gasteiger partial charge in [-0.1, -0.05) is 0 Å². The van der Waals surface area contributed by atoms with Gasteiger partial charge in [0, 0.05) is 12.5 Å². The number of halogens is 1. The van der Waals surface area contributed by atoms with Crippen LogP contribution in [0.5, 0.6) is 17.2 Å². The van der Waals surface area contributed by atoms with Gasteiger partial charge in [0.1, 0.15) is 5.75 Å². The minimum absolute atomic E-state index is 0.139. The Morgan fingerprint density at radius 1 is 1.14 bits per heavy atom. The van der Waals surface area contributed by atoms with E-state index in [-0.39, 0.29) is 17.3 Å². The van der Waals surface area contributed by atoms with Gasteiger partial charge in [0.05, 0.1) is 18.7 Å². The molecule has 0 saturated carbocycles. The fourth-order valence-corrected chi connectivity index (χ4v) is 3.03. The van der Waals surface area contributed by atoms with Crippen molar-refractivity contribution in [2.45, 2.75) is 6.92 Å². The fraction of sp³-hybridized carbons (Fsp3) is 0.150. The summed E-state index contributed by atoms with van der Waals surface area (Å²) in [5, 5.41) is 0. The van der Waals surface area contributed by atoms with Gasteiger partial charge in [-0.3, -0.25) is 4.79 Å². The van der Waals surface area contributed by atoms with Gasteiger partial charge in [-0.2, -0.15) is 0 Å². The molecule has 1 aliphatic heterocycles. The molecule has 0 radical (unpaired) electrons. The molecule has 0 atom stereocenters. The molecule has 3 rings (SSSR count).